The Morgan fingerprint density at radius 1 is 1.00 bits per heavy atom. The van der Waals surface area contributed by atoms with E-state index >= 15 is 0 Å². The molecule has 2 nitrogen and oxygen atoms in total. The quantitative estimate of drug-likeness (QED) is 0.893. The number of rotatable bonds is 5. The van der Waals surface area contributed by atoms with Crippen LogP contribution in [0, 0.1) is 5.82 Å². The molecule has 0 unspecified atom stereocenters. The van der Waals surface area contributed by atoms with Gasteiger partial charge in [-0.3, -0.25) is 0 Å². The largest absolute Gasteiger partial charge is 0.489 e. The van der Waals surface area contributed by atoms with Gasteiger partial charge in [0.2, 0.25) is 0 Å². The molecule has 0 fully saturated rings. The molecule has 0 aromatic heterocycles. The van der Waals surface area contributed by atoms with Crippen molar-refractivity contribution in [2.45, 2.75) is 26.5 Å². The van der Waals surface area contributed by atoms with Crippen LogP contribution in [-0.2, 0) is 19.6 Å². The molecule has 19 heavy (non-hydrogen) atoms. The first kappa shape index (κ1) is 13.6. The molecule has 0 saturated heterocycles. The van der Waals surface area contributed by atoms with Gasteiger partial charge in [-0.15, -0.1) is 0 Å². The standard InChI is InChI=1S/C16H18FNO/c1-2-12-6-3-4-9-15(12)19-11-14-8-5-7-13(10-18)16(14)17/h3-9H,2,10-11,18H2,1H3. The zero-order chi connectivity index (χ0) is 13.7. The van der Waals surface area contributed by atoms with E-state index in [-0.39, 0.29) is 19.0 Å². The maximum atomic E-state index is 14.0. The van der Waals surface area contributed by atoms with Gasteiger partial charge in [0.05, 0.1) is 0 Å². The molecule has 2 aromatic carbocycles. The Morgan fingerprint density at radius 3 is 2.42 bits per heavy atom. The third-order valence-electron chi connectivity index (χ3n) is 3.12. The molecule has 0 heterocycles. The van der Waals surface area contributed by atoms with Crippen LogP contribution < -0.4 is 10.5 Å². The number of nitrogens with two attached hydrogens (primary N) is 1. The van der Waals surface area contributed by atoms with Crippen molar-refractivity contribution in [3.8, 4) is 5.75 Å². The van der Waals surface area contributed by atoms with E-state index in [0.717, 1.165) is 17.7 Å². The average Bonchev–Trinajstić information content (AvgIpc) is 2.46. The number of ether oxygens (including phenoxy) is 1. The molecule has 0 aliphatic rings. The van der Waals surface area contributed by atoms with Gasteiger partial charge in [0.15, 0.2) is 0 Å². The van der Waals surface area contributed by atoms with E-state index in [1.165, 1.54) is 0 Å². The van der Waals surface area contributed by atoms with E-state index in [9.17, 15) is 4.39 Å². The van der Waals surface area contributed by atoms with E-state index in [2.05, 4.69) is 6.92 Å². The molecule has 0 radical (unpaired) electrons. The predicted molar refractivity (Wildman–Crippen MR) is 74.4 cm³/mol. The molecule has 100 valence electrons. The summed E-state index contributed by atoms with van der Waals surface area (Å²) in [7, 11) is 0. The predicted octanol–water partition coefficient (Wildman–Crippen LogP) is 3.43. The minimum absolute atomic E-state index is 0.200. The molecule has 2 rings (SSSR count). The SMILES string of the molecule is CCc1ccccc1OCc1cccc(CN)c1F. The third kappa shape index (κ3) is 3.12. The maximum Gasteiger partial charge on any atom is 0.134 e. The normalized spacial score (nSPS) is 10.5. The van der Waals surface area contributed by atoms with Crippen molar-refractivity contribution < 1.29 is 9.13 Å². The summed E-state index contributed by atoms with van der Waals surface area (Å²) < 4.78 is 19.7. The Morgan fingerprint density at radius 2 is 1.68 bits per heavy atom. The topological polar surface area (TPSA) is 35.2 Å². The van der Waals surface area contributed by atoms with Gasteiger partial charge in [-0.05, 0) is 18.1 Å². The fourth-order valence-corrected chi connectivity index (χ4v) is 1.99. The molecule has 2 aromatic rings. The molecule has 0 aliphatic carbocycles. The van der Waals surface area contributed by atoms with Crippen molar-refractivity contribution >= 4 is 0 Å². The lowest BCUT2D eigenvalue weighted by molar-refractivity contribution is 0.296. The van der Waals surface area contributed by atoms with Crippen molar-refractivity contribution in [1.82, 2.24) is 0 Å². The summed E-state index contributed by atoms with van der Waals surface area (Å²) in [4.78, 5) is 0. The third-order valence-corrected chi connectivity index (χ3v) is 3.12. The average molecular weight is 259 g/mol. The molecule has 0 amide bonds. The van der Waals surface area contributed by atoms with Crippen LogP contribution in [0.3, 0.4) is 0 Å². The van der Waals surface area contributed by atoms with Crippen LogP contribution in [0.5, 0.6) is 5.75 Å². The van der Waals surface area contributed by atoms with E-state index in [1.54, 1.807) is 18.2 Å². The number of para-hydroxylation sites is 1. The van der Waals surface area contributed by atoms with Crippen molar-refractivity contribution in [1.29, 1.82) is 0 Å². The Kier molecular flexibility index (Phi) is 4.53. The number of halogens is 1. The molecule has 0 atom stereocenters. The second-order valence-electron chi connectivity index (χ2n) is 4.34. The molecular weight excluding hydrogens is 241 g/mol. The fourth-order valence-electron chi connectivity index (χ4n) is 1.99. The van der Waals surface area contributed by atoms with Crippen LogP contribution in [0.15, 0.2) is 42.5 Å². The van der Waals surface area contributed by atoms with Gasteiger partial charge in [-0.2, -0.15) is 0 Å². The Hall–Kier alpha value is -1.87. The van der Waals surface area contributed by atoms with Gasteiger partial charge < -0.3 is 10.5 Å². The number of benzene rings is 2. The summed E-state index contributed by atoms with van der Waals surface area (Å²) in [6.07, 6.45) is 0.890. The van der Waals surface area contributed by atoms with Crippen LogP contribution in [0.1, 0.15) is 23.6 Å². The zero-order valence-electron chi connectivity index (χ0n) is 11.0. The van der Waals surface area contributed by atoms with E-state index in [0.29, 0.717) is 11.1 Å². The molecule has 3 heteroatoms. The first-order chi connectivity index (χ1) is 9.26. The number of aryl methyl sites for hydroxylation is 1. The van der Waals surface area contributed by atoms with Crippen molar-refractivity contribution in [3.05, 3.63) is 65.0 Å². The lowest BCUT2D eigenvalue weighted by Crippen LogP contribution is -2.05. The summed E-state index contributed by atoms with van der Waals surface area (Å²) in [5.41, 5.74) is 7.67. The highest BCUT2D eigenvalue weighted by molar-refractivity contribution is 5.34. The Labute approximate surface area is 113 Å². The van der Waals surface area contributed by atoms with Gasteiger partial charge in [-0.1, -0.05) is 43.3 Å². The Balaban J connectivity index is 2.15. The van der Waals surface area contributed by atoms with Crippen LogP contribution in [0.2, 0.25) is 0 Å². The second kappa shape index (κ2) is 6.34. The highest BCUT2D eigenvalue weighted by Crippen LogP contribution is 2.21. The van der Waals surface area contributed by atoms with Crippen molar-refractivity contribution in [3.63, 3.8) is 0 Å². The maximum absolute atomic E-state index is 14.0. The van der Waals surface area contributed by atoms with Gasteiger partial charge in [0.25, 0.3) is 0 Å². The summed E-state index contributed by atoms with van der Waals surface area (Å²) >= 11 is 0. The van der Waals surface area contributed by atoms with Gasteiger partial charge in [-0.25, -0.2) is 4.39 Å². The first-order valence-electron chi connectivity index (χ1n) is 6.43. The first-order valence-corrected chi connectivity index (χ1v) is 6.43. The lowest BCUT2D eigenvalue weighted by Gasteiger charge is -2.12. The van der Waals surface area contributed by atoms with Crippen molar-refractivity contribution in [2.75, 3.05) is 0 Å². The van der Waals surface area contributed by atoms with Gasteiger partial charge >= 0.3 is 0 Å². The number of hydrogen-bond acceptors (Lipinski definition) is 2. The molecule has 2 N–H and O–H groups in total. The molecule has 0 bridgehead atoms. The van der Waals surface area contributed by atoms with Crippen LogP contribution in [0.4, 0.5) is 4.39 Å². The van der Waals surface area contributed by atoms with Gasteiger partial charge in [0, 0.05) is 17.7 Å². The zero-order valence-corrected chi connectivity index (χ0v) is 11.0. The van der Waals surface area contributed by atoms with Gasteiger partial charge in [0.1, 0.15) is 18.2 Å². The molecule has 0 aliphatic heterocycles. The minimum atomic E-state index is -0.265. The van der Waals surface area contributed by atoms with E-state index < -0.39 is 0 Å². The molecular formula is C16H18FNO. The fraction of sp³-hybridized carbons (Fsp3) is 0.250. The highest BCUT2D eigenvalue weighted by Gasteiger charge is 2.08. The van der Waals surface area contributed by atoms with Crippen LogP contribution in [0.25, 0.3) is 0 Å². The van der Waals surface area contributed by atoms with Crippen LogP contribution in [-0.4, -0.2) is 0 Å². The molecule has 0 saturated carbocycles. The Bertz CT molecular complexity index is 554. The van der Waals surface area contributed by atoms with E-state index in [4.69, 9.17) is 10.5 Å². The summed E-state index contributed by atoms with van der Waals surface area (Å²) in [6, 6.07) is 13.0. The highest BCUT2D eigenvalue weighted by atomic mass is 19.1. The molecule has 0 spiro atoms. The smallest absolute Gasteiger partial charge is 0.134 e. The minimum Gasteiger partial charge on any atom is -0.489 e. The second-order valence-corrected chi connectivity index (χ2v) is 4.34. The van der Waals surface area contributed by atoms with E-state index in [1.807, 2.05) is 24.3 Å². The summed E-state index contributed by atoms with van der Waals surface area (Å²) in [6.45, 7) is 2.49. The lowest BCUT2D eigenvalue weighted by atomic mass is 10.1. The van der Waals surface area contributed by atoms with Crippen molar-refractivity contribution in [2.24, 2.45) is 5.73 Å². The number of hydrogen-bond donors (Lipinski definition) is 1. The van der Waals surface area contributed by atoms with Crippen LogP contribution >= 0.6 is 0 Å². The summed E-state index contributed by atoms with van der Waals surface area (Å²) in [5.74, 6) is 0.543. The monoisotopic (exact) mass is 259 g/mol. The summed E-state index contributed by atoms with van der Waals surface area (Å²) in [5, 5.41) is 0.